The lowest BCUT2D eigenvalue weighted by atomic mass is 9.83. The first-order chi connectivity index (χ1) is 28.2. The van der Waals surface area contributed by atoms with Gasteiger partial charge in [0.15, 0.2) is 0 Å². The van der Waals surface area contributed by atoms with E-state index in [-0.39, 0.29) is 37.8 Å². The summed E-state index contributed by atoms with van der Waals surface area (Å²) in [7, 11) is 0. The number of urea groups is 1. The van der Waals surface area contributed by atoms with Crippen LogP contribution < -0.4 is 37.6 Å². The van der Waals surface area contributed by atoms with Crippen LogP contribution in [0.15, 0.2) is 54.6 Å². The van der Waals surface area contributed by atoms with Crippen molar-refractivity contribution < 1.29 is 43.1 Å². The fourth-order valence-corrected chi connectivity index (χ4v) is 7.29. The molecule has 320 valence electrons. The average molecular weight is 839 g/mol. The Morgan fingerprint density at radius 1 is 0.898 bits per heavy atom. The molecule has 0 aromatic heterocycles. The maximum Gasteiger partial charge on any atom is 0.407 e. The van der Waals surface area contributed by atoms with Crippen molar-refractivity contribution in [2.45, 2.75) is 102 Å². The maximum atomic E-state index is 14.5. The van der Waals surface area contributed by atoms with Gasteiger partial charge in [0.05, 0.1) is 25.2 Å². The minimum Gasteiger partial charge on any atom is -0.449 e. The molecule has 1 saturated carbocycles. The number of carbonyl (C=O) groups excluding carboxylic acids is 8. The van der Waals surface area contributed by atoms with Gasteiger partial charge in [-0.05, 0) is 67.3 Å². The predicted molar refractivity (Wildman–Crippen MR) is 219 cm³/mol. The number of Topliss-reactive ketones (excluding diaryl/α,β-unsaturated/α-hetero) is 1. The molecule has 0 spiro atoms. The SMILES string of the molecule is CCCC(NC(=O)C1CC(NC(=O)Nc2ccc(Cl)cc2)CN1C(=O)[C@H](NC(=O)OCC(C)C)C1CCCCC1)C(=O)C(=O)NCC(=O)N[C@@H](C(N)=O)c1ccccc1. The van der Waals surface area contributed by atoms with Crippen LogP contribution in [-0.4, -0.2) is 96.2 Å². The molecule has 1 aliphatic carbocycles. The van der Waals surface area contributed by atoms with Gasteiger partial charge >= 0.3 is 12.1 Å². The van der Waals surface area contributed by atoms with Crippen molar-refractivity contribution in [2.75, 3.05) is 25.0 Å². The van der Waals surface area contributed by atoms with Crippen molar-refractivity contribution >= 4 is 64.7 Å². The number of nitrogens with zero attached hydrogens (tertiary/aromatic N) is 1. The Morgan fingerprint density at radius 3 is 2.20 bits per heavy atom. The number of alkyl carbamates (subject to hydrolysis) is 1. The van der Waals surface area contributed by atoms with Crippen LogP contribution in [0.25, 0.3) is 0 Å². The summed E-state index contributed by atoms with van der Waals surface area (Å²) in [4.78, 5) is 107. The second-order valence-electron chi connectivity index (χ2n) is 15.3. The number of benzene rings is 2. The zero-order valence-corrected chi connectivity index (χ0v) is 34.3. The molecule has 2 aliphatic rings. The summed E-state index contributed by atoms with van der Waals surface area (Å²) in [5.74, 6) is -5.31. The summed E-state index contributed by atoms with van der Waals surface area (Å²) in [6, 6.07) is 8.56. The smallest absolute Gasteiger partial charge is 0.407 e. The van der Waals surface area contributed by atoms with E-state index < -0.39 is 84.2 Å². The van der Waals surface area contributed by atoms with E-state index in [9.17, 15) is 38.4 Å². The average Bonchev–Trinajstić information content (AvgIpc) is 3.64. The van der Waals surface area contributed by atoms with Crippen molar-refractivity contribution in [1.29, 1.82) is 0 Å². The van der Waals surface area contributed by atoms with Crippen molar-refractivity contribution in [1.82, 2.24) is 31.5 Å². The van der Waals surface area contributed by atoms with E-state index in [1.807, 2.05) is 13.8 Å². The molecule has 4 rings (SSSR count). The predicted octanol–water partition coefficient (Wildman–Crippen LogP) is 3.08. The van der Waals surface area contributed by atoms with E-state index in [0.717, 1.165) is 19.3 Å². The molecule has 0 bridgehead atoms. The molecular weight excluding hydrogens is 784 g/mol. The molecule has 18 heteroatoms. The quantitative estimate of drug-likeness (QED) is 0.109. The van der Waals surface area contributed by atoms with Gasteiger partial charge in [0, 0.05) is 17.3 Å². The van der Waals surface area contributed by atoms with E-state index >= 15 is 0 Å². The Kier molecular flexibility index (Phi) is 17.5. The minimum atomic E-state index is -1.34. The molecular formula is C41H55ClN8O9. The summed E-state index contributed by atoms with van der Waals surface area (Å²) < 4.78 is 5.37. The molecule has 5 atom stereocenters. The molecule has 3 unspecified atom stereocenters. The first-order valence-electron chi connectivity index (χ1n) is 20.0. The molecule has 2 aromatic rings. The zero-order valence-electron chi connectivity index (χ0n) is 33.6. The normalized spacial score (nSPS) is 18.1. The Bertz CT molecular complexity index is 1810. The fourth-order valence-electron chi connectivity index (χ4n) is 7.16. The highest BCUT2D eigenvalue weighted by atomic mass is 35.5. The molecule has 8 amide bonds. The molecule has 1 heterocycles. The zero-order chi connectivity index (χ0) is 43.1. The first-order valence-corrected chi connectivity index (χ1v) is 20.4. The number of nitrogens with two attached hydrogens (primary N) is 1. The number of likely N-dealkylation sites (tertiary alicyclic amines) is 1. The number of rotatable bonds is 18. The largest absolute Gasteiger partial charge is 0.449 e. The molecule has 2 aromatic carbocycles. The van der Waals surface area contributed by atoms with Crippen LogP contribution in [0.4, 0.5) is 15.3 Å². The molecule has 1 saturated heterocycles. The van der Waals surface area contributed by atoms with E-state index in [1.54, 1.807) is 61.5 Å². The van der Waals surface area contributed by atoms with Gasteiger partial charge in [-0.1, -0.05) is 88.4 Å². The van der Waals surface area contributed by atoms with Crippen LogP contribution in [0.3, 0.4) is 0 Å². The van der Waals surface area contributed by atoms with Crippen molar-refractivity contribution in [3.05, 3.63) is 65.2 Å². The Balaban J connectivity index is 1.50. The van der Waals surface area contributed by atoms with Gasteiger partial charge in [-0.15, -0.1) is 0 Å². The van der Waals surface area contributed by atoms with Crippen LogP contribution in [0.2, 0.25) is 5.02 Å². The standard InChI is InChI=1S/C41H55ClN8O9/c1-4-11-30(35(52)38(55)44-21-32(51)48-33(36(43)53)25-12-7-5-8-13-25)47-37(54)31-20-29(46-40(57)45-28-18-16-27(42)17-19-28)22-50(31)39(56)34(26-14-9-6-10-15-26)49-41(58)59-23-24(2)3/h5,7-8,12-13,16-19,24,26,29-31,33-34H,4,6,9-11,14-15,20-23H2,1-3H3,(H2,43,53)(H,44,55)(H,47,54)(H,48,51)(H,49,58)(H2,45,46,57)/t29?,30?,31?,33-,34-/m1/s1. The van der Waals surface area contributed by atoms with Crippen LogP contribution in [-0.2, 0) is 33.5 Å². The molecule has 59 heavy (non-hydrogen) atoms. The third-order valence-corrected chi connectivity index (χ3v) is 10.4. The summed E-state index contributed by atoms with van der Waals surface area (Å²) in [5.41, 5.74) is 6.35. The Labute approximate surface area is 348 Å². The van der Waals surface area contributed by atoms with Gasteiger partial charge in [-0.25, -0.2) is 9.59 Å². The van der Waals surface area contributed by atoms with Crippen molar-refractivity contribution in [3.63, 3.8) is 0 Å². The monoisotopic (exact) mass is 838 g/mol. The lowest BCUT2D eigenvalue weighted by Crippen LogP contribution is -2.58. The van der Waals surface area contributed by atoms with Crippen molar-refractivity contribution in [3.8, 4) is 0 Å². The summed E-state index contributed by atoms with van der Waals surface area (Å²) >= 11 is 5.98. The lowest BCUT2D eigenvalue weighted by Gasteiger charge is -2.34. The van der Waals surface area contributed by atoms with Crippen LogP contribution >= 0.6 is 11.6 Å². The molecule has 0 radical (unpaired) electrons. The summed E-state index contributed by atoms with van der Waals surface area (Å²) in [5, 5.41) is 16.1. The van der Waals surface area contributed by atoms with Gasteiger partial charge in [0.1, 0.15) is 18.1 Å². The first kappa shape index (κ1) is 46.0. The van der Waals surface area contributed by atoms with Crippen molar-refractivity contribution in [2.24, 2.45) is 17.6 Å². The number of hydrogen-bond acceptors (Lipinski definition) is 9. The second-order valence-corrected chi connectivity index (χ2v) is 15.7. The van der Waals surface area contributed by atoms with Gasteiger partial charge in [0.2, 0.25) is 29.4 Å². The number of ether oxygens (including phenoxy) is 1. The summed E-state index contributed by atoms with van der Waals surface area (Å²) in [6.07, 6.45) is 3.59. The van der Waals surface area contributed by atoms with Crippen LogP contribution in [0.1, 0.15) is 83.7 Å². The number of amides is 8. The van der Waals surface area contributed by atoms with Crippen LogP contribution in [0, 0.1) is 11.8 Å². The van der Waals surface area contributed by atoms with E-state index in [0.29, 0.717) is 35.5 Å². The number of hydrogen-bond donors (Lipinski definition) is 7. The molecule has 1 aliphatic heterocycles. The molecule has 2 fully saturated rings. The second kappa shape index (κ2) is 22.4. The molecule has 17 nitrogen and oxygen atoms in total. The number of carbonyl (C=O) groups is 8. The highest BCUT2D eigenvalue weighted by molar-refractivity contribution is 6.38. The van der Waals surface area contributed by atoms with Gasteiger partial charge in [-0.3, -0.25) is 28.8 Å². The van der Waals surface area contributed by atoms with Crippen LogP contribution in [0.5, 0.6) is 0 Å². The van der Waals surface area contributed by atoms with E-state index in [2.05, 4.69) is 31.9 Å². The third kappa shape index (κ3) is 14.0. The maximum absolute atomic E-state index is 14.5. The number of halogens is 1. The van der Waals surface area contributed by atoms with Gasteiger partial charge < -0.3 is 47.3 Å². The summed E-state index contributed by atoms with van der Waals surface area (Å²) in [6.45, 7) is 4.87. The topological polar surface area (TPSA) is 247 Å². The van der Waals surface area contributed by atoms with Gasteiger partial charge in [-0.2, -0.15) is 0 Å². The van der Waals surface area contributed by atoms with E-state index in [4.69, 9.17) is 22.1 Å². The van der Waals surface area contributed by atoms with E-state index in [1.165, 1.54) is 4.90 Å². The third-order valence-electron chi connectivity index (χ3n) is 10.1. The number of nitrogens with one attached hydrogen (secondary N) is 6. The highest BCUT2D eigenvalue weighted by Gasteiger charge is 2.45. The number of anilines is 1. The lowest BCUT2D eigenvalue weighted by molar-refractivity contribution is -0.143. The molecule has 8 N–H and O–H groups in total. The minimum absolute atomic E-state index is 0.0434. The fraction of sp³-hybridized carbons (Fsp3) is 0.512. The van der Waals surface area contributed by atoms with Gasteiger partial charge in [0.25, 0.3) is 5.91 Å². The highest BCUT2D eigenvalue weighted by Crippen LogP contribution is 2.30. The Morgan fingerprint density at radius 2 is 1.58 bits per heavy atom. The number of primary amides is 1. The number of ketones is 1. The Hall–Kier alpha value is -5.71.